The molecule has 0 radical (unpaired) electrons. The fourth-order valence-electron chi connectivity index (χ4n) is 2.55. The molecule has 1 aromatic rings. The van der Waals surface area contributed by atoms with Gasteiger partial charge in [0, 0.05) is 38.5 Å². The predicted octanol–water partition coefficient (Wildman–Crippen LogP) is 2.17. The largest absolute Gasteiger partial charge is 0.450 e. The number of amides is 3. The maximum Gasteiger partial charge on any atom is 0.409 e. The van der Waals surface area contributed by atoms with E-state index >= 15 is 0 Å². The molecule has 1 aliphatic heterocycles. The molecule has 1 aromatic carbocycles. The zero-order chi connectivity index (χ0) is 18.2. The Hall–Kier alpha value is -2.28. The predicted molar refractivity (Wildman–Crippen MR) is 94.9 cm³/mol. The fraction of sp³-hybridized carbons (Fsp3) is 0.471. The van der Waals surface area contributed by atoms with Gasteiger partial charge in [0.15, 0.2) is 0 Å². The molecule has 0 unspecified atom stereocenters. The van der Waals surface area contributed by atoms with E-state index in [0.717, 1.165) is 0 Å². The molecular weight excluding hydrogens is 346 g/mol. The minimum Gasteiger partial charge on any atom is -0.450 e. The molecule has 0 aromatic heterocycles. The van der Waals surface area contributed by atoms with Crippen LogP contribution in [0.4, 0.5) is 10.5 Å². The van der Waals surface area contributed by atoms with Gasteiger partial charge in [-0.3, -0.25) is 9.59 Å². The first-order valence-corrected chi connectivity index (χ1v) is 8.76. The summed E-state index contributed by atoms with van der Waals surface area (Å²) in [6.45, 7) is 3.76. The van der Waals surface area contributed by atoms with Gasteiger partial charge in [-0.1, -0.05) is 12.1 Å². The van der Waals surface area contributed by atoms with Crippen molar-refractivity contribution in [3.8, 4) is 0 Å². The van der Waals surface area contributed by atoms with Crippen molar-refractivity contribution in [2.24, 2.45) is 0 Å². The topological polar surface area (TPSA) is 79.0 Å². The Morgan fingerprint density at radius 3 is 2.40 bits per heavy atom. The molecule has 0 aliphatic carbocycles. The highest BCUT2D eigenvalue weighted by molar-refractivity contribution is 6.19. The van der Waals surface area contributed by atoms with Crippen LogP contribution < -0.4 is 5.32 Å². The van der Waals surface area contributed by atoms with Crippen LogP contribution in [-0.2, 0) is 9.53 Å². The van der Waals surface area contributed by atoms with Crippen LogP contribution in [-0.4, -0.2) is 66.4 Å². The minimum atomic E-state index is -0.358. The van der Waals surface area contributed by atoms with E-state index in [2.05, 4.69) is 5.32 Å². The van der Waals surface area contributed by atoms with Crippen molar-refractivity contribution >= 4 is 35.2 Å². The molecular formula is C17H22ClN3O4. The van der Waals surface area contributed by atoms with Gasteiger partial charge in [0.1, 0.15) is 0 Å². The van der Waals surface area contributed by atoms with Gasteiger partial charge < -0.3 is 19.9 Å². The number of alkyl halides is 1. The number of rotatable bonds is 5. The van der Waals surface area contributed by atoms with Crippen LogP contribution >= 0.6 is 11.6 Å². The molecule has 2 rings (SSSR count). The zero-order valence-electron chi connectivity index (χ0n) is 14.2. The van der Waals surface area contributed by atoms with Crippen LogP contribution in [0.5, 0.6) is 0 Å². The summed E-state index contributed by atoms with van der Waals surface area (Å²) in [5.74, 6) is -0.190. The molecule has 1 aliphatic rings. The van der Waals surface area contributed by atoms with E-state index in [0.29, 0.717) is 44.0 Å². The lowest BCUT2D eigenvalue weighted by molar-refractivity contribution is -0.115. The molecule has 1 fully saturated rings. The average molecular weight is 368 g/mol. The molecule has 0 saturated carbocycles. The second-order valence-electron chi connectivity index (χ2n) is 5.51. The van der Waals surface area contributed by atoms with Crippen LogP contribution in [0, 0.1) is 0 Å². The standard InChI is InChI=1S/C17H22ClN3O4/c1-2-25-17(24)21-11-9-20(10-12-21)16(23)13-5-3-4-6-14(13)19-15(22)7-8-18/h3-6H,2,7-12H2,1H3,(H,19,22). The number of hydrogen-bond acceptors (Lipinski definition) is 4. The summed E-state index contributed by atoms with van der Waals surface area (Å²) < 4.78 is 4.97. The summed E-state index contributed by atoms with van der Waals surface area (Å²) in [7, 11) is 0. The second kappa shape index (κ2) is 9.27. The van der Waals surface area contributed by atoms with Crippen LogP contribution in [0.2, 0.25) is 0 Å². The van der Waals surface area contributed by atoms with Crippen LogP contribution in [0.25, 0.3) is 0 Å². The fourth-order valence-corrected chi connectivity index (χ4v) is 2.73. The van der Waals surface area contributed by atoms with Gasteiger partial charge in [0.2, 0.25) is 5.91 Å². The number of piperazine rings is 1. The molecule has 0 bridgehead atoms. The highest BCUT2D eigenvalue weighted by Gasteiger charge is 2.26. The van der Waals surface area contributed by atoms with Gasteiger partial charge in [0.05, 0.1) is 17.9 Å². The number of carbonyl (C=O) groups excluding carboxylic acids is 3. The van der Waals surface area contributed by atoms with E-state index in [1.165, 1.54) is 0 Å². The van der Waals surface area contributed by atoms with Gasteiger partial charge in [-0.15, -0.1) is 11.6 Å². The van der Waals surface area contributed by atoms with E-state index in [1.54, 1.807) is 41.0 Å². The van der Waals surface area contributed by atoms with Crippen molar-refractivity contribution in [1.29, 1.82) is 0 Å². The number of ether oxygens (including phenoxy) is 1. The lowest BCUT2D eigenvalue weighted by atomic mass is 10.1. The second-order valence-corrected chi connectivity index (χ2v) is 5.89. The smallest absolute Gasteiger partial charge is 0.409 e. The van der Waals surface area contributed by atoms with Crippen molar-refractivity contribution < 1.29 is 19.1 Å². The van der Waals surface area contributed by atoms with Crippen molar-refractivity contribution in [2.75, 3.05) is 44.0 Å². The van der Waals surface area contributed by atoms with Crippen LogP contribution in [0.15, 0.2) is 24.3 Å². The molecule has 1 saturated heterocycles. The number of halogens is 1. The van der Waals surface area contributed by atoms with Gasteiger partial charge in [0.25, 0.3) is 5.91 Å². The molecule has 136 valence electrons. The van der Waals surface area contributed by atoms with Crippen molar-refractivity contribution in [3.05, 3.63) is 29.8 Å². The molecule has 1 N–H and O–H groups in total. The third-order valence-electron chi connectivity index (χ3n) is 3.85. The average Bonchev–Trinajstić information content (AvgIpc) is 2.62. The van der Waals surface area contributed by atoms with Gasteiger partial charge in [-0.25, -0.2) is 4.79 Å². The first kappa shape index (κ1) is 19.1. The Bertz CT molecular complexity index is 630. The number of benzene rings is 1. The van der Waals surface area contributed by atoms with E-state index in [-0.39, 0.29) is 30.2 Å². The van der Waals surface area contributed by atoms with Gasteiger partial charge in [-0.2, -0.15) is 0 Å². The number of anilines is 1. The number of nitrogens with zero attached hydrogens (tertiary/aromatic N) is 2. The normalized spacial score (nSPS) is 14.2. The molecule has 25 heavy (non-hydrogen) atoms. The Morgan fingerprint density at radius 2 is 1.76 bits per heavy atom. The first-order chi connectivity index (χ1) is 12.1. The zero-order valence-corrected chi connectivity index (χ0v) is 14.9. The van der Waals surface area contributed by atoms with E-state index in [1.807, 2.05) is 0 Å². The highest BCUT2D eigenvalue weighted by atomic mass is 35.5. The third kappa shape index (κ3) is 5.09. The quantitative estimate of drug-likeness (QED) is 0.809. The highest BCUT2D eigenvalue weighted by Crippen LogP contribution is 2.19. The summed E-state index contributed by atoms with van der Waals surface area (Å²) in [4.78, 5) is 39.5. The molecule has 3 amide bonds. The number of hydrogen-bond donors (Lipinski definition) is 1. The van der Waals surface area contributed by atoms with Gasteiger partial charge in [-0.05, 0) is 19.1 Å². The SMILES string of the molecule is CCOC(=O)N1CCN(C(=O)c2ccccc2NC(=O)CCCl)CC1. The Labute approximate surface area is 151 Å². The molecule has 7 nitrogen and oxygen atoms in total. The number of carbonyl (C=O) groups is 3. The number of para-hydroxylation sites is 1. The summed E-state index contributed by atoms with van der Waals surface area (Å²) in [6.07, 6.45) is -0.175. The third-order valence-corrected chi connectivity index (χ3v) is 4.03. The van der Waals surface area contributed by atoms with Crippen LogP contribution in [0.1, 0.15) is 23.7 Å². The lowest BCUT2D eigenvalue weighted by Crippen LogP contribution is -2.50. The molecule has 0 atom stereocenters. The lowest BCUT2D eigenvalue weighted by Gasteiger charge is -2.34. The minimum absolute atomic E-state index is 0.176. The first-order valence-electron chi connectivity index (χ1n) is 8.22. The summed E-state index contributed by atoms with van der Waals surface area (Å²) in [6, 6.07) is 6.87. The maximum absolute atomic E-state index is 12.8. The molecule has 0 spiro atoms. The monoisotopic (exact) mass is 367 g/mol. The van der Waals surface area contributed by atoms with E-state index in [4.69, 9.17) is 16.3 Å². The Kier molecular flexibility index (Phi) is 7.06. The maximum atomic E-state index is 12.8. The molecule has 1 heterocycles. The summed E-state index contributed by atoms with van der Waals surface area (Å²) in [5, 5.41) is 2.72. The van der Waals surface area contributed by atoms with E-state index < -0.39 is 0 Å². The summed E-state index contributed by atoms with van der Waals surface area (Å²) in [5.41, 5.74) is 0.894. The van der Waals surface area contributed by atoms with Crippen LogP contribution in [0.3, 0.4) is 0 Å². The van der Waals surface area contributed by atoms with Gasteiger partial charge >= 0.3 is 6.09 Å². The Morgan fingerprint density at radius 1 is 1.12 bits per heavy atom. The van der Waals surface area contributed by atoms with Crippen molar-refractivity contribution in [1.82, 2.24) is 9.80 Å². The van der Waals surface area contributed by atoms with Crippen molar-refractivity contribution in [2.45, 2.75) is 13.3 Å². The van der Waals surface area contributed by atoms with Crippen molar-refractivity contribution in [3.63, 3.8) is 0 Å². The Balaban J connectivity index is 2.02. The summed E-state index contributed by atoms with van der Waals surface area (Å²) >= 11 is 5.57. The molecule has 8 heteroatoms. The number of nitrogens with one attached hydrogen (secondary N) is 1. The van der Waals surface area contributed by atoms with E-state index in [9.17, 15) is 14.4 Å².